The van der Waals surface area contributed by atoms with Crippen LogP contribution in [0.5, 0.6) is 0 Å². The van der Waals surface area contributed by atoms with E-state index in [0.717, 1.165) is 22.0 Å². The molecule has 0 saturated carbocycles. The van der Waals surface area contributed by atoms with Crippen LogP contribution in [0.1, 0.15) is 18.5 Å². The van der Waals surface area contributed by atoms with Gasteiger partial charge in [0.25, 0.3) is 0 Å². The predicted molar refractivity (Wildman–Crippen MR) is 123 cm³/mol. The van der Waals surface area contributed by atoms with Gasteiger partial charge in [0.1, 0.15) is 0 Å². The largest absolute Gasteiger partial charge is 0.349 e. The van der Waals surface area contributed by atoms with Crippen molar-refractivity contribution in [1.82, 2.24) is 20.1 Å². The molecule has 4 aromatic rings. The second-order valence-corrected chi connectivity index (χ2v) is 8.91. The van der Waals surface area contributed by atoms with E-state index in [1.165, 1.54) is 11.8 Å². The number of hydrogen-bond donors (Lipinski definition) is 1. The average molecular weight is 455 g/mol. The number of hydrogen-bond acceptors (Lipinski definition) is 5. The minimum atomic E-state index is -0.107. The number of thiophene rings is 1. The van der Waals surface area contributed by atoms with Crippen molar-refractivity contribution in [3.05, 3.63) is 82.7 Å². The van der Waals surface area contributed by atoms with Gasteiger partial charge in [0.2, 0.25) is 5.91 Å². The first kappa shape index (κ1) is 20.7. The first-order valence-electron chi connectivity index (χ1n) is 9.34. The van der Waals surface area contributed by atoms with E-state index in [1.807, 2.05) is 83.6 Å². The molecule has 5 nitrogen and oxygen atoms in total. The molecule has 1 amide bonds. The van der Waals surface area contributed by atoms with Crippen molar-refractivity contribution in [3.63, 3.8) is 0 Å². The fraction of sp³-hybridized carbons (Fsp3) is 0.136. The molecule has 1 atom stereocenters. The van der Waals surface area contributed by atoms with Crippen LogP contribution in [-0.4, -0.2) is 26.4 Å². The highest BCUT2D eigenvalue weighted by molar-refractivity contribution is 7.99. The fourth-order valence-corrected chi connectivity index (χ4v) is 4.57. The Kier molecular flexibility index (Phi) is 6.52. The van der Waals surface area contributed by atoms with E-state index in [-0.39, 0.29) is 17.7 Å². The number of nitrogens with zero attached hydrogens (tertiary/aromatic N) is 3. The van der Waals surface area contributed by atoms with E-state index in [2.05, 4.69) is 15.5 Å². The Bertz CT molecular complexity index is 1110. The zero-order valence-corrected chi connectivity index (χ0v) is 18.5. The van der Waals surface area contributed by atoms with Crippen LogP contribution in [-0.2, 0) is 4.79 Å². The van der Waals surface area contributed by atoms with Crippen molar-refractivity contribution in [2.45, 2.75) is 18.1 Å². The van der Waals surface area contributed by atoms with Gasteiger partial charge in [-0.05, 0) is 48.2 Å². The van der Waals surface area contributed by atoms with Crippen LogP contribution in [0.4, 0.5) is 0 Å². The van der Waals surface area contributed by atoms with Gasteiger partial charge >= 0.3 is 0 Å². The van der Waals surface area contributed by atoms with E-state index in [4.69, 9.17) is 11.6 Å². The van der Waals surface area contributed by atoms with Crippen LogP contribution in [0.25, 0.3) is 16.4 Å². The second-order valence-electron chi connectivity index (χ2n) is 6.58. The Labute approximate surface area is 188 Å². The van der Waals surface area contributed by atoms with E-state index in [0.29, 0.717) is 10.2 Å². The van der Waals surface area contributed by atoms with Gasteiger partial charge in [0.05, 0.1) is 16.7 Å². The zero-order valence-electron chi connectivity index (χ0n) is 16.2. The van der Waals surface area contributed by atoms with E-state index in [1.54, 1.807) is 11.3 Å². The first-order chi connectivity index (χ1) is 14.6. The number of para-hydroxylation sites is 1. The number of halogens is 1. The number of thioether (sulfide) groups is 1. The zero-order chi connectivity index (χ0) is 20.9. The van der Waals surface area contributed by atoms with Gasteiger partial charge in [-0.15, -0.1) is 21.5 Å². The molecule has 0 aliphatic rings. The fourth-order valence-electron chi connectivity index (χ4n) is 2.99. The van der Waals surface area contributed by atoms with Gasteiger partial charge in [-0.25, -0.2) is 0 Å². The summed E-state index contributed by atoms with van der Waals surface area (Å²) < 4.78 is 1.99. The van der Waals surface area contributed by atoms with E-state index in [9.17, 15) is 4.79 Å². The summed E-state index contributed by atoms with van der Waals surface area (Å²) in [5.74, 6) is 0.948. The molecule has 30 heavy (non-hydrogen) atoms. The smallest absolute Gasteiger partial charge is 0.230 e. The lowest BCUT2D eigenvalue weighted by atomic mass is 10.1. The van der Waals surface area contributed by atoms with Crippen molar-refractivity contribution in [3.8, 4) is 16.4 Å². The van der Waals surface area contributed by atoms with Crippen LogP contribution in [0, 0.1) is 0 Å². The monoisotopic (exact) mass is 454 g/mol. The lowest BCUT2D eigenvalue weighted by molar-refractivity contribution is -0.119. The predicted octanol–water partition coefficient (Wildman–Crippen LogP) is 5.62. The Morgan fingerprint density at radius 2 is 1.87 bits per heavy atom. The molecule has 0 radical (unpaired) electrons. The van der Waals surface area contributed by atoms with Gasteiger partial charge in [-0.2, -0.15) is 0 Å². The van der Waals surface area contributed by atoms with Crippen molar-refractivity contribution in [1.29, 1.82) is 0 Å². The molecule has 0 aliphatic heterocycles. The van der Waals surface area contributed by atoms with Crippen LogP contribution in [0.2, 0.25) is 5.02 Å². The molecule has 0 aliphatic carbocycles. The maximum Gasteiger partial charge on any atom is 0.230 e. The van der Waals surface area contributed by atoms with Crippen LogP contribution < -0.4 is 5.32 Å². The first-order valence-corrected chi connectivity index (χ1v) is 11.6. The van der Waals surface area contributed by atoms with Gasteiger partial charge in [0.15, 0.2) is 11.0 Å². The van der Waals surface area contributed by atoms with Crippen LogP contribution in [0.3, 0.4) is 0 Å². The molecule has 4 rings (SSSR count). The third kappa shape index (κ3) is 4.75. The minimum Gasteiger partial charge on any atom is -0.349 e. The molecule has 1 N–H and O–H groups in total. The number of benzene rings is 2. The number of aromatic nitrogens is 3. The summed E-state index contributed by atoms with van der Waals surface area (Å²) in [6, 6.07) is 21.3. The third-order valence-corrected chi connectivity index (χ3v) is 6.52. The average Bonchev–Trinajstić information content (AvgIpc) is 3.43. The highest BCUT2D eigenvalue weighted by Gasteiger charge is 2.18. The molecule has 2 aromatic heterocycles. The standard InChI is InChI=1S/C22H19ClN4OS2/c1-15(16-9-11-17(23)12-10-16)24-20(28)14-30-22-26-25-21(19-8-5-13-29-19)27(22)18-6-3-2-4-7-18/h2-13,15H,14H2,1H3,(H,24,28). The van der Waals surface area contributed by atoms with Crippen molar-refractivity contribution in [2.75, 3.05) is 5.75 Å². The highest BCUT2D eigenvalue weighted by Crippen LogP contribution is 2.30. The normalized spacial score (nSPS) is 11.9. The summed E-state index contributed by atoms with van der Waals surface area (Å²) in [7, 11) is 0. The number of amides is 1. The van der Waals surface area contributed by atoms with Crippen LogP contribution in [0.15, 0.2) is 77.3 Å². The minimum absolute atomic E-state index is 0.0669. The number of carbonyl (C=O) groups is 1. The Morgan fingerprint density at radius 1 is 1.10 bits per heavy atom. The Morgan fingerprint density at radius 3 is 2.57 bits per heavy atom. The number of rotatable bonds is 7. The van der Waals surface area contributed by atoms with E-state index < -0.39 is 0 Å². The van der Waals surface area contributed by atoms with Crippen molar-refractivity contribution >= 4 is 40.6 Å². The summed E-state index contributed by atoms with van der Waals surface area (Å²) in [6.07, 6.45) is 0. The SMILES string of the molecule is CC(NC(=O)CSc1nnc(-c2cccs2)n1-c1ccccc1)c1ccc(Cl)cc1. The summed E-state index contributed by atoms with van der Waals surface area (Å²) >= 11 is 8.92. The molecule has 152 valence electrons. The van der Waals surface area contributed by atoms with Crippen LogP contribution >= 0.6 is 34.7 Å². The maximum atomic E-state index is 12.5. The molecule has 1 unspecified atom stereocenters. The molecule has 8 heteroatoms. The molecular formula is C22H19ClN4OS2. The number of carbonyl (C=O) groups excluding carboxylic acids is 1. The third-order valence-electron chi connectivity index (χ3n) is 4.47. The van der Waals surface area contributed by atoms with Crippen molar-refractivity contribution < 1.29 is 4.79 Å². The van der Waals surface area contributed by atoms with Gasteiger partial charge in [0, 0.05) is 10.7 Å². The lowest BCUT2D eigenvalue weighted by Gasteiger charge is -2.14. The van der Waals surface area contributed by atoms with Gasteiger partial charge in [-0.1, -0.05) is 59.8 Å². The number of nitrogens with one attached hydrogen (secondary N) is 1. The molecule has 2 heterocycles. The molecule has 2 aromatic carbocycles. The summed E-state index contributed by atoms with van der Waals surface area (Å²) in [6.45, 7) is 1.95. The summed E-state index contributed by atoms with van der Waals surface area (Å²) in [4.78, 5) is 13.6. The maximum absolute atomic E-state index is 12.5. The highest BCUT2D eigenvalue weighted by atomic mass is 35.5. The lowest BCUT2D eigenvalue weighted by Crippen LogP contribution is -2.28. The topological polar surface area (TPSA) is 59.8 Å². The van der Waals surface area contributed by atoms with Crippen molar-refractivity contribution in [2.24, 2.45) is 0 Å². The summed E-state index contributed by atoms with van der Waals surface area (Å²) in [5, 5.41) is 15.1. The van der Waals surface area contributed by atoms with E-state index >= 15 is 0 Å². The second kappa shape index (κ2) is 9.47. The molecule has 0 fully saturated rings. The molecular weight excluding hydrogens is 436 g/mol. The molecule has 0 bridgehead atoms. The Balaban J connectivity index is 1.49. The van der Waals surface area contributed by atoms with Gasteiger partial charge in [-0.3, -0.25) is 9.36 Å². The molecule has 0 saturated heterocycles. The molecule has 0 spiro atoms. The Hall–Kier alpha value is -2.61. The van der Waals surface area contributed by atoms with Gasteiger partial charge < -0.3 is 5.32 Å². The quantitative estimate of drug-likeness (QED) is 0.368. The summed E-state index contributed by atoms with van der Waals surface area (Å²) in [5.41, 5.74) is 1.97.